The lowest BCUT2D eigenvalue weighted by Crippen LogP contribution is -2.37. The van der Waals surface area contributed by atoms with Crippen LogP contribution in [0.2, 0.25) is 0 Å². The second-order valence-corrected chi connectivity index (χ2v) is 7.30. The van der Waals surface area contributed by atoms with E-state index in [1.54, 1.807) is 29.3 Å². The summed E-state index contributed by atoms with van der Waals surface area (Å²) in [6, 6.07) is 8.65. The summed E-state index contributed by atoms with van der Waals surface area (Å²) in [6.07, 6.45) is -0.0257. The molecule has 2 aromatic heterocycles. The summed E-state index contributed by atoms with van der Waals surface area (Å²) in [5, 5.41) is 4.05. The van der Waals surface area contributed by atoms with Crippen LogP contribution in [0.5, 0.6) is 0 Å². The van der Waals surface area contributed by atoms with E-state index < -0.39 is 17.6 Å². The van der Waals surface area contributed by atoms with Crippen molar-refractivity contribution >= 4 is 18.0 Å². The quantitative estimate of drug-likeness (QED) is 0.342. The zero-order valence-electron chi connectivity index (χ0n) is 17.4. The van der Waals surface area contributed by atoms with E-state index in [4.69, 9.17) is 4.74 Å². The smallest absolute Gasteiger partial charge is 0.378 e. The Hall–Kier alpha value is -3.60. The fourth-order valence-corrected chi connectivity index (χ4v) is 3.33. The summed E-state index contributed by atoms with van der Waals surface area (Å²) < 4.78 is 58.2. The Kier molecular flexibility index (Phi) is 6.78. The summed E-state index contributed by atoms with van der Waals surface area (Å²) in [7, 11) is 0. The molecule has 33 heavy (non-hydrogen) atoms. The maximum absolute atomic E-state index is 14.1. The lowest BCUT2D eigenvalue weighted by Gasteiger charge is -2.27. The average Bonchev–Trinajstić information content (AvgIpc) is 2.81. The number of hydrazone groups is 1. The summed E-state index contributed by atoms with van der Waals surface area (Å²) in [5.74, 6) is -0.239. The number of aromatic nitrogens is 3. The molecule has 1 saturated heterocycles. The molecule has 0 unspecified atom stereocenters. The molecule has 172 valence electrons. The SMILES string of the molecule is Fc1cnc(N/N=C\c2cc(Cc3cccc(C(F)(F)F)c3)ccn2)nc1N1CCOCC1. The first kappa shape index (κ1) is 22.6. The number of alkyl halides is 3. The number of morpholine rings is 1. The summed E-state index contributed by atoms with van der Waals surface area (Å²) in [4.78, 5) is 14.0. The number of benzene rings is 1. The molecule has 3 heterocycles. The fourth-order valence-electron chi connectivity index (χ4n) is 3.33. The van der Waals surface area contributed by atoms with Gasteiger partial charge in [0, 0.05) is 19.3 Å². The minimum Gasteiger partial charge on any atom is -0.378 e. The molecule has 0 atom stereocenters. The molecule has 11 heteroatoms. The lowest BCUT2D eigenvalue weighted by atomic mass is 10.0. The van der Waals surface area contributed by atoms with E-state index in [0.717, 1.165) is 23.9 Å². The van der Waals surface area contributed by atoms with Crippen LogP contribution >= 0.6 is 0 Å². The second-order valence-electron chi connectivity index (χ2n) is 7.30. The Morgan fingerprint density at radius 2 is 1.88 bits per heavy atom. The molecule has 0 saturated carbocycles. The van der Waals surface area contributed by atoms with Gasteiger partial charge in [-0.1, -0.05) is 18.2 Å². The molecule has 1 fully saturated rings. The third kappa shape index (κ3) is 6.01. The number of nitrogens with one attached hydrogen (secondary N) is 1. The van der Waals surface area contributed by atoms with Gasteiger partial charge in [0.15, 0.2) is 11.6 Å². The summed E-state index contributed by atoms with van der Waals surface area (Å²) in [6.45, 7) is 2.04. The van der Waals surface area contributed by atoms with Crippen LogP contribution in [0.15, 0.2) is 53.9 Å². The number of pyridine rings is 1. The van der Waals surface area contributed by atoms with E-state index in [-0.39, 0.29) is 11.8 Å². The van der Waals surface area contributed by atoms with Crippen LogP contribution in [-0.4, -0.2) is 47.5 Å². The van der Waals surface area contributed by atoms with Crippen LogP contribution in [0.4, 0.5) is 29.3 Å². The standard InChI is InChI=1S/C22H20F4N6O/c23-19-14-28-21(30-20(19)32-6-8-33-9-7-32)31-29-13-18-12-16(4-5-27-18)10-15-2-1-3-17(11-15)22(24,25)26/h1-5,11-14H,6-10H2,(H,28,30,31)/b29-13-. The number of nitrogens with zero attached hydrogens (tertiary/aromatic N) is 5. The van der Waals surface area contributed by atoms with Crippen LogP contribution in [0.1, 0.15) is 22.4 Å². The van der Waals surface area contributed by atoms with Crippen LogP contribution in [0.25, 0.3) is 0 Å². The van der Waals surface area contributed by atoms with Gasteiger partial charge >= 0.3 is 6.18 Å². The van der Waals surface area contributed by atoms with Crippen molar-refractivity contribution in [1.29, 1.82) is 0 Å². The van der Waals surface area contributed by atoms with Gasteiger partial charge in [0.1, 0.15) is 0 Å². The molecule has 3 aromatic rings. The average molecular weight is 460 g/mol. The molecule has 0 radical (unpaired) electrons. The Morgan fingerprint density at radius 1 is 1.09 bits per heavy atom. The van der Waals surface area contributed by atoms with Gasteiger partial charge in [0.05, 0.1) is 36.9 Å². The number of hydrogen-bond acceptors (Lipinski definition) is 7. The molecule has 1 aliphatic rings. The minimum absolute atomic E-state index is 0.120. The van der Waals surface area contributed by atoms with E-state index in [9.17, 15) is 17.6 Å². The maximum Gasteiger partial charge on any atom is 0.416 e. The van der Waals surface area contributed by atoms with Crippen LogP contribution in [0, 0.1) is 5.82 Å². The number of ether oxygens (including phenoxy) is 1. The molecule has 4 rings (SSSR count). The van der Waals surface area contributed by atoms with E-state index in [1.165, 1.54) is 12.3 Å². The van der Waals surface area contributed by atoms with Crippen LogP contribution < -0.4 is 10.3 Å². The molecular weight excluding hydrogens is 440 g/mol. The molecular formula is C22H20F4N6O. The first-order chi connectivity index (χ1) is 15.9. The van der Waals surface area contributed by atoms with Crippen molar-refractivity contribution < 1.29 is 22.3 Å². The first-order valence-electron chi connectivity index (χ1n) is 10.1. The Morgan fingerprint density at radius 3 is 2.67 bits per heavy atom. The van der Waals surface area contributed by atoms with Gasteiger partial charge < -0.3 is 9.64 Å². The number of rotatable bonds is 6. The predicted molar refractivity (Wildman–Crippen MR) is 115 cm³/mol. The molecule has 1 aliphatic heterocycles. The normalized spacial score (nSPS) is 14.6. The van der Waals surface area contributed by atoms with Crippen molar-refractivity contribution in [2.75, 3.05) is 36.6 Å². The van der Waals surface area contributed by atoms with Crippen LogP contribution in [0.3, 0.4) is 0 Å². The zero-order valence-corrected chi connectivity index (χ0v) is 17.4. The number of anilines is 2. The molecule has 7 nitrogen and oxygen atoms in total. The number of halogens is 4. The van der Waals surface area contributed by atoms with Gasteiger partial charge in [-0.25, -0.2) is 14.8 Å². The highest BCUT2D eigenvalue weighted by Gasteiger charge is 2.30. The summed E-state index contributed by atoms with van der Waals surface area (Å²) >= 11 is 0. The monoisotopic (exact) mass is 460 g/mol. The highest BCUT2D eigenvalue weighted by atomic mass is 19.4. The number of hydrogen-bond donors (Lipinski definition) is 1. The largest absolute Gasteiger partial charge is 0.416 e. The van der Waals surface area contributed by atoms with Gasteiger partial charge in [0.25, 0.3) is 0 Å². The van der Waals surface area contributed by atoms with E-state index in [0.29, 0.717) is 44.0 Å². The van der Waals surface area contributed by atoms with Crippen LogP contribution in [-0.2, 0) is 17.3 Å². The molecule has 0 spiro atoms. The topological polar surface area (TPSA) is 75.5 Å². The van der Waals surface area contributed by atoms with Gasteiger partial charge in [-0.3, -0.25) is 4.98 Å². The van der Waals surface area contributed by atoms with Crippen molar-refractivity contribution in [2.45, 2.75) is 12.6 Å². The molecule has 1 aromatic carbocycles. The highest BCUT2D eigenvalue weighted by molar-refractivity contribution is 5.77. The van der Waals surface area contributed by atoms with Crippen molar-refractivity contribution in [3.05, 3.63) is 77.0 Å². The minimum atomic E-state index is -4.39. The molecule has 0 bridgehead atoms. The Balaban J connectivity index is 1.42. The second kappa shape index (κ2) is 9.90. The van der Waals surface area contributed by atoms with Gasteiger partial charge in [-0.05, 0) is 35.7 Å². The Bertz CT molecular complexity index is 1130. The molecule has 1 N–H and O–H groups in total. The predicted octanol–water partition coefficient (Wildman–Crippen LogP) is 3.90. The van der Waals surface area contributed by atoms with Crippen molar-refractivity contribution in [3.63, 3.8) is 0 Å². The summed E-state index contributed by atoms with van der Waals surface area (Å²) in [5.41, 5.74) is 3.77. The van der Waals surface area contributed by atoms with Crippen molar-refractivity contribution in [3.8, 4) is 0 Å². The van der Waals surface area contributed by atoms with Gasteiger partial charge in [-0.2, -0.15) is 23.3 Å². The zero-order chi connectivity index (χ0) is 23.3. The molecule has 0 amide bonds. The Labute approximate surface area is 187 Å². The van der Waals surface area contributed by atoms with E-state index in [2.05, 4.69) is 25.5 Å². The lowest BCUT2D eigenvalue weighted by molar-refractivity contribution is -0.137. The third-order valence-electron chi connectivity index (χ3n) is 4.91. The fraction of sp³-hybridized carbons (Fsp3) is 0.273. The molecule has 0 aliphatic carbocycles. The van der Waals surface area contributed by atoms with Gasteiger partial charge in [0.2, 0.25) is 5.95 Å². The van der Waals surface area contributed by atoms with Gasteiger partial charge in [-0.15, -0.1) is 0 Å². The first-order valence-corrected chi connectivity index (χ1v) is 10.1. The maximum atomic E-state index is 14.1. The van der Waals surface area contributed by atoms with Crippen molar-refractivity contribution in [2.24, 2.45) is 5.10 Å². The van der Waals surface area contributed by atoms with Crippen molar-refractivity contribution in [1.82, 2.24) is 15.0 Å². The highest BCUT2D eigenvalue weighted by Crippen LogP contribution is 2.30. The van der Waals surface area contributed by atoms with E-state index in [1.807, 2.05) is 0 Å². The third-order valence-corrected chi connectivity index (χ3v) is 4.91. The van der Waals surface area contributed by atoms with E-state index >= 15 is 0 Å².